The molecule has 0 aliphatic carbocycles. The lowest BCUT2D eigenvalue weighted by atomic mass is 10.0. The molecule has 0 spiro atoms. The monoisotopic (exact) mass is 296 g/mol. The van der Waals surface area contributed by atoms with Gasteiger partial charge in [0.2, 0.25) is 0 Å². The zero-order chi connectivity index (χ0) is 15.9. The van der Waals surface area contributed by atoms with Crippen molar-refractivity contribution in [3.8, 4) is 11.3 Å². The van der Waals surface area contributed by atoms with Gasteiger partial charge in [-0.05, 0) is 24.1 Å². The topological polar surface area (TPSA) is 75.1 Å². The number of carbonyl (C=O) groups is 1. The average Bonchev–Trinajstić information content (AvgIpc) is 2.84. The van der Waals surface area contributed by atoms with E-state index in [-0.39, 0.29) is 5.56 Å². The number of H-pyrrole nitrogens is 1. The molecule has 3 rings (SSSR count). The number of aryl methyl sites for hydroxylation is 2. The van der Waals surface area contributed by atoms with Crippen LogP contribution in [0.1, 0.15) is 22.8 Å². The molecule has 0 bridgehead atoms. The summed E-state index contributed by atoms with van der Waals surface area (Å²) in [6, 6.07) is 9.38. The van der Waals surface area contributed by atoms with Crippen molar-refractivity contribution in [1.82, 2.24) is 9.55 Å². The molecular weight excluding hydrogens is 280 g/mol. The van der Waals surface area contributed by atoms with Crippen LogP contribution in [-0.4, -0.2) is 20.6 Å². The van der Waals surface area contributed by atoms with Gasteiger partial charge in [0.1, 0.15) is 5.56 Å². The summed E-state index contributed by atoms with van der Waals surface area (Å²) in [5.74, 6) is -1.21. The zero-order valence-electron chi connectivity index (χ0n) is 12.4. The van der Waals surface area contributed by atoms with E-state index in [0.717, 1.165) is 22.0 Å². The van der Waals surface area contributed by atoms with Gasteiger partial charge in [-0.1, -0.05) is 25.1 Å². The summed E-state index contributed by atoms with van der Waals surface area (Å²) >= 11 is 0. The van der Waals surface area contributed by atoms with Gasteiger partial charge in [0.05, 0.1) is 5.69 Å². The third-order valence-electron chi connectivity index (χ3n) is 3.90. The maximum Gasteiger partial charge on any atom is 0.341 e. The van der Waals surface area contributed by atoms with Crippen LogP contribution in [-0.2, 0) is 13.5 Å². The van der Waals surface area contributed by atoms with Crippen molar-refractivity contribution in [1.29, 1.82) is 0 Å². The van der Waals surface area contributed by atoms with Crippen molar-refractivity contribution in [3.63, 3.8) is 0 Å². The summed E-state index contributed by atoms with van der Waals surface area (Å²) in [6.07, 6.45) is 2.59. The Balaban J connectivity index is 2.33. The summed E-state index contributed by atoms with van der Waals surface area (Å²) < 4.78 is 1.99. The second kappa shape index (κ2) is 5.18. The molecule has 5 heteroatoms. The van der Waals surface area contributed by atoms with E-state index in [4.69, 9.17) is 5.11 Å². The molecule has 0 fully saturated rings. The minimum Gasteiger partial charge on any atom is -0.477 e. The fraction of sp³-hybridized carbons (Fsp3) is 0.176. The van der Waals surface area contributed by atoms with Gasteiger partial charge in [-0.3, -0.25) is 4.79 Å². The first-order chi connectivity index (χ1) is 10.5. The number of hydrogen-bond acceptors (Lipinski definition) is 2. The quantitative estimate of drug-likeness (QED) is 0.780. The van der Waals surface area contributed by atoms with E-state index in [1.54, 1.807) is 0 Å². The molecule has 1 aromatic carbocycles. The predicted molar refractivity (Wildman–Crippen MR) is 85.3 cm³/mol. The minimum absolute atomic E-state index is 0.221. The van der Waals surface area contributed by atoms with Gasteiger partial charge in [-0.15, -0.1) is 0 Å². The van der Waals surface area contributed by atoms with Crippen molar-refractivity contribution in [2.75, 3.05) is 0 Å². The van der Waals surface area contributed by atoms with Crippen molar-refractivity contribution >= 4 is 16.9 Å². The Labute approximate surface area is 126 Å². The van der Waals surface area contributed by atoms with E-state index in [1.807, 2.05) is 49.0 Å². The lowest BCUT2D eigenvalue weighted by Crippen LogP contribution is -2.19. The van der Waals surface area contributed by atoms with E-state index < -0.39 is 11.5 Å². The molecule has 0 radical (unpaired) electrons. The van der Waals surface area contributed by atoms with Crippen LogP contribution in [0.15, 0.2) is 41.3 Å². The minimum atomic E-state index is -1.21. The Kier molecular flexibility index (Phi) is 3.33. The van der Waals surface area contributed by atoms with Crippen LogP contribution in [0.3, 0.4) is 0 Å². The summed E-state index contributed by atoms with van der Waals surface area (Å²) in [5, 5.41) is 10.1. The Morgan fingerprint density at radius 3 is 2.73 bits per heavy atom. The molecule has 2 N–H and O–H groups in total. The van der Waals surface area contributed by atoms with Crippen LogP contribution in [0.2, 0.25) is 0 Å². The van der Waals surface area contributed by atoms with Crippen LogP contribution in [0.4, 0.5) is 0 Å². The van der Waals surface area contributed by atoms with E-state index in [2.05, 4.69) is 4.98 Å². The maximum atomic E-state index is 12.0. The number of carboxylic acids is 1. The number of aromatic amines is 1. The Morgan fingerprint density at radius 2 is 2.05 bits per heavy atom. The molecule has 0 aliphatic heterocycles. The number of nitrogens with zero attached hydrogens (tertiary/aromatic N) is 1. The molecule has 3 aromatic rings. The fourth-order valence-electron chi connectivity index (χ4n) is 2.79. The van der Waals surface area contributed by atoms with Gasteiger partial charge in [-0.2, -0.15) is 0 Å². The van der Waals surface area contributed by atoms with E-state index in [0.29, 0.717) is 12.1 Å². The molecule has 0 aliphatic rings. The van der Waals surface area contributed by atoms with E-state index in [1.165, 1.54) is 6.07 Å². The smallest absolute Gasteiger partial charge is 0.341 e. The van der Waals surface area contributed by atoms with Crippen LogP contribution < -0.4 is 5.56 Å². The molecule has 22 heavy (non-hydrogen) atoms. The summed E-state index contributed by atoms with van der Waals surface area (Å²) in [5.41, 5.74) is 2.67. The summed E-state index contributed by atoms with van der Waals surface area (Å²) in [6.45, 7) is 1.94. The van der Waals surface area contributed by atoms with Gasteiger partial charge < -0.3 is 14.7 Å². The molecule has 112 valence electrons. The van der Waals surface area contributed by atoms with Crippen molar-refractivity contribution in [2.24, 2.45) is 7.05 Å². The van der Waals surface area contributed by atoms with Gasteiger partial charge in [-0.25, -0.2) is 4.79 Å². The van der Waals surface area contributed by atoms with Crippen LogP contribution >= 0.6 is 0 Å². The number of benzene rings is 1. The molecular formula is C17H16N2O3. The van der Waals surface area contributed by atoms with Crippen molar-refractivity contribution < 1.29 is 9.90 Å². The highest BCUT2D eigenvalue weighted by Gasteiger charge is 2.16. The number of aromatic nitrogens is 2. The van der Waals surface area contributed by atoms with Crippen LogP contribution in [0.5, 0.6) is 0 Å². The highest BCUT2D eigenvalue weighted by Crippen LogP contribution is 2.30. The van der Waals surface area contributed by atoms with Gasteiger partial charge in [0.25, 0.3) is 5.56 Å². The number of fused-ring (bicyclic) bond motifs is 1. The Hall–Kier alpha value is -2.82. The summed E-state index contributed by atoms with van der Waals surface area (Å²) in [7, 11) is 1.95. The number of carboxylic acid groups (broad SMARTS) is 1. The second-order valence-electron chi connectivity index (χ2n) is 5.24. The first-order valence-electron chi connectivity index (χ1n) is 7.06. The van der Waals surface area contributed by atoms with Crippen molar-refractivity contribution in [3.05, 3.63) is 58.0 Å². The van der Waals surface area contributed by atoms with Crippen LogP contribution in [0, 0.1) is 0 Å². The number of nitrogens with one attached hydrogen (secondary N) is 1. The number of pyridine rings is 1. The number of aromatic carboxylic acids is 1. The molecule has 2 heterocycles. The standard InChI is InChI=1S/C17H16N2O3/c1-3-10-8-12(17(21)22)16(20)18-15(10)13-9-19(2)14-7-5-4-6-11(13)14/h4-9H,3H2,1-2H3,(H,18,20)(H,21,22). The Bertz CT molecular complexity index is 935. The molecule has 0 atom stereocenters. The normalized spacial score (nSPS) is 11.0. The predicted octanol–water partition coefficient (Wildman–Crippen LogP) is 2.79. The lowest BCUT2D eigenvalue weighted by Gasteiger charge is -2.08. The number of rotatable bonds is 3. The molecule has 5 nitrogen and oxygen atoms in total. The third kappa shape index (κ3) is 2.11. The molecule has 0 unspecified atom stereocenters. The lowest BCUT2D eigenvalue weighted by molar-refractivity contribution is 0.0695. The largest absolute Gasteiger partial charge is 0.477 e. The van der Waals surface area contributed by atoms with E-state index >= 15 is 0 Å². The van der Waals surface area contributed by atoms with Crippen molar-refractivity contribution in [2.45, 2.75) is 13.3 Å². The highest BCUT2D eigenvalue weighted by molar-refractivity contribution is 5.96. The molecule has 0 amide bonds. The average molecular weight is 296 g/mol. The summed E-state index contributed by atoms with van der Waals surface area (Å²) in [4.78, 5) is 25.9. The van der Waals surface area contributed by atoms with Gasteiger partial charge in [0, 0.05) is 29.7 Å². The maximum absolute atomic E-state index is 12.0. The van der Waals surface area contributed by atoms with Gasteiger partial charge in [0.15, 0.2) is 0 Å². The van der Waals surface area contributed by atoms with E-state index in [9.17, 15) is 9.59 Å². The van der Waals surface area contributed by atoms with Gasteiger partial charge >= 0.3 is 5.97 Å². The SMILES string of the molecule is CCc1cc(C(=O)O)c(=O)[nH]c1-c1cn(C)c2ccccc12. The second-order valence-corrected chi connectivity index (χ2v) is 5.24. The molecule has 0 saturated carbocycles. The highest BCUT2D eigenvalue weighted by atomic mass is 16.4. The Morgan fingerprint density at radius 1 is 1.32 bits per heavy atom. The third-order valence-corrected chi connectivity index (χ3v) is 3.90. The van der Waals surface area contributed by atoms with Crippen LogP contribution in [0.25, 0.3) is 22.2 Å². The number of hydrogen-bond donors (Lipinski definition) is 2. The molecule has 0 saturated heterocycles. The molecule has 2 aromatic heterocycles. The zero-order valence-corrected chi connectivity index (χ0v) is 12.4. The first-order valence-corrected chi connectivity index (χ1v) is 7.06. The fourth-order valence-corrected chi connectivity index (χ4v) is 2.79. The number of para-hydroxylation sites is 1. The first kappa shape index (κ1) is 14.1.